The van der Waals surface area contributed by atoms with Crippen molar-refractivity contribution in [1.29, 1.82) is 0 Å². The Balaban J connectivity index is 1.63. The molecule has 3 aromatic carbocycles. The van der Waals surface area contributed by atoms with Gasteiger partial charge in [-0.2, -0.15) is 31.1 Å². The van der Waals surface area contributed by atoms with Crippen molar-refractivity contribution in [3.63, 3.8) is 0 Å². The van der Waals surface area contributed by atoms with Crippen LogP contribution >= 0.6 is 0 Å². The average molecular weight is 703 g/mol. The van der Waals surface area contributed by atoms with E-state index in [-0.39, 0.29) is 36.1 Å². The van der Waals surface area contributed by atoms with Gasteiger partial charge in [0.25, 0.3) is 11.9 Å². The lowest BCUT2D eigenvalue weighted by atomic mass is 9.88. The number of hydrogen-bond acceptors (Lipinski definition) is 7. The summed E-state index contributed by atoms with van der Waals surface area (Å²) in [5.41, 5.74) is -3.41. The molecule has 5 rings (SSSR count). The third-order valence-electron chi connectivity index (χ3n) is 7.69. The molecule has 2 atom stereocenters. The van der Waals surface area contributed by atoms with Gasteiger partial charge < -0.3 is 19.3 Å². The lowest BCUT2D eigenvalue weighted by Crippen LogP contribution is -2.49. The first-order chi connectivity index (χ1) is 22.9. The van der Waals surface area contributed by atoms with Crippen LogP contribution in [0.3, 0.4) is 0 Å². The van der Waals surface area contributed by atoms with Gasteiger partial charge in [0, 0.05) is 23.8 Å². The van der Waals surface area contributed by atoms with Gasteiger partial charge in [0.15, 0.2) is 6.61 Å². The standard InChI is InChI=1S/C31H27F9N6O3/c1-3-21-14-26(45(28-41-43-44(2)42-28)16-18-11-19(29(32,33)34)13-20(12-18)30(35,36)37)24-15-23(49-31(38,39)40)9-10-25(24)46(21)27(47)17-48-22-7-5-4-6-8-22/h4-13,15,21,26H,3,14,16-17H2,1-2H3/t21-,26+/m1/s1. The van der Waals surface area contributed by atoms with Crippen molar-refractivity contribution in [2.24, 2.45) is 7.05 Å². The molecule has 49 heavy (non-hydrogen) atoms. The number of aryl methyl sites for hydroxylation is 1. The summed E-state index contributed by atoms with van der Waals surface area (Å²) in [6, 6.07) is 10.9. The molecule has 0 aliphatic carbocycles. The number of ether oxygens (including phenoxy) is 2. The molecular weight excluding hydrogens is 675 g/mol. The van der Waals surface area contributed by atoms with E-state index < -0.39 is 72.3 Å². The van der Waals surface area contributed by atoms with Crippen molar-refractivity contribution in [2.45, 2.75) is 57.1 Å². The molecule has 1 aliphatic heterocycles. The van der Waals surface area contributed by atoms with Gasteiger partial charge in [-0.1, -0.05) is 30.2 Å². The van der Waals surface area contributed by atoms with Gasteiger partial charge >= 0.3 is 18.7 Å². The summed E-state index contributed by atoms with van der Waals surface area (Å²) in [5, 5.41) is 11.8. The Bertz CT molecular complexity index is 1740. The maximum atomic E-state index is 13.7. The molecule has 262 valence electrons. The highest BCUT2D eigenvalue weighted by Gasteiger charge is 2.42. The molecule has 1 aromatic heterocycles. The number of nitrogens with zero attached hydrogens (tertiary/aromatic N) is 6. The molecule has 18 heteroatoms. The molecule has 1 amide bonds. The molecule has 0 N–H and O–H groups in total. The van der Waals surface area contributed by atoms with Crippen molar-refractivity contribution in [1.82, 2.24) is 20.2 Å². The first kappa shape index (κ1) is 35.3. The summed E-state index contributed by atoms with van der Waals surface area (Å²) in [4.78, 5) is 17.2. The molecule has 9 nitrogen and oxygen atoms in total. The lowest BCUT2D eigenvalue weighted by molar-refractivity contribution is -0.274. The van der Waals surface area contributed by atoms with Crippen molar-refractivity contribution in [3.8, 4) is 11.5 Å². The Hall–Kier alpha value is -5.03. The van der Waals surface area contributed by atoms with E-state index in [1.54, 1.807) is 37.3 Å². The second-order valence-corrected chi connectivity index (χ2v) is 11.1. The Labute approximate surface area is 272 Å². The summed E-state index contributed by atoms with van der Waals surface area (Å²) in [5.74, 6) is -1.10. The first-order valence-electron chi connectivity index (χ1n) is 14.6. The predicted octanol–water partition coefficient (Wildman–Crippen LogP) is 7.49. The zero-order chi connectivity index (χ0) is 35.7. The highest BCUT2D eigenvalue weighted by molar-refractivity contribution is 5.96. The summed E-state index contributed by atoms with van der Waals surface area (Å²) < 4.78 is 132. The largest absolute Gasteiger partial charge is 0.573 e. The SMILES string of the molecule is CC[C@@H]1C[C@H](N(Cc2cc(C(F)(F)F)cc(C(F)(F)F)c2)c2nnn(C)n2)c2cc(OC(F)(F)F)ccc2N1C(=O)COc1ccccc1. The number of tetrazole rings is 1. The second-order valence-electron chi connectivity index (χ2n) is 11.1. The Morgan fingerprint density at radius 3 is 2.10 bits per heavy atom. The third-order valence-corrected chi connectivity index (χ3v) is 7.69. The molecule has 2 heterocycles. The van der Waals surface area contributed by atoms with Crippen LogP contribution in [0.25, 0.3) is 0 Å². The quantitative estimate of drug-likeness (QED) is 0.167. The van der Waals surface area contributed by atoms with E-state index in [0.29, 0.717) is 17.9 Å². The van der Waals surface area contributed by atoms with Gasteiger partial charge in [-0.05, 0) is 72.1 Å². The molecule has 0 saturated carbocycles. The van der Waals surface area contributed by atoms with Crippen molar-refractivity contribution in [3.05, 3.63) is 89.0 Å². The molecule has 0 saturated heterocycles. The van der Waals surface area contributed by atoms with E-state index in [4.69, 9.17) is 4.74 Å². The molecule has 4 aromatic rings. The number of fused-ring (bicyclic) bond motifs is 1. The number of carbonyl (C=O) groups excluding carboxylic acids is 1. The minimum atomic E-state index is -5.14. The topological polar surface area (TPSA) is 85.6 Å². The zero-order valence-electron chi connectivity index (χ0n) is 25.6. The summed E-state index contributed by atoms with van der Waals surface area (Å²) in [6.45, 7) is 0.624. The Morgan fingerprint density at radius 2 is 1.55 bits per heavy atom. The number of hydrogen-bond donors (Lipinski definition) is 0. The van der Waals surface area contributed by atoms with E-state index >= 15 is 0 Å². The van der Waals surface area contributed by atoms with Crippen LogP contribution in [0.2, 0.25) is 0 Å². The summed E-state index contributed by atoms with van der Waals surface area (Å²) in [7, 11) is 1.37. The van der Waals surface area contributed by atoms with Gasteiger partial charge in [0.2, 0.25) is 0 Å². The van der Waals surface area contributed by atoms with E-state index in [1.807, 2.05) is 0 Å². The zero-order valence-corrected chi connectivity index (χ0v) is 25.6. The van der Waals surface area contributed by atoms with Crippen molar-refractivity contribution >= 4 is 17.5 Å². The highest BCUT2D eigenvalue weighted by Crippen LogP contribution is 2.45. The fourth-order valence-corrected chi connectivity index (χ4v) is 5.63. The highest BCUT2D eigenvalue weighted by atomic mass is 19.4. The van der Waals surface area contributed by atoms with Crippen LogP contribution < -0.4 is 19.3 Å². The van der Waals surface area contributed by atoms with E-state index in [0.717, 1.165) is 16.9 Å². The maximum absolute atomic E-state index is 13.7. The number of rotatable bonds is 9. The summed E-state index contributed by atoms with van der Waals surface area (Å²) in [6.07, 6.45) is -15.1. The number of alkyl halides is 9. The van der Waals surface area contributed by atoms with Crippen LogP contribution in [0.4, 0.5) is 51.1 Å². The van der Waals surface area contributed by atoms with E-state index in [2.05, 4.69) is 20.1 Å². The second kappa shape index (κ2) is 13.5. The minimum absolute atomic E-state index is 0.0147. The predicted molar refractivity (Wildman–Crippen MR) is 155 cm³/mol. The molecular formula is C31H27F9N6O3. The number of carbonyl (C=O) groups is 1. The number of halogens is 9. The van der Waals surface area contributed by atoms with Gasteiger partial charge in [0.05, 0.1) is 24.2 Å². The van der Waals surface area contributed by atoms with Gasteiger partial charge in [-0.3, -0.25) is 4.79 Å². The molecule has 0 bridgehead atoms. The molecule has 1 aliphatic rings. The average Bonchev–Trinajstić information content (AvgIpc) is 3.46. The number of amides is 1. The monoisotopic (exact) mass is 702 g/mol. The summed E-state index contributed by atoms with van der Waals surface area (Å²) >= 11 is 0. The Kier molecular flexibility index (Phi) is 9.70. The maximum Gasteiger partial charge on any atom is 0.573 e. The fourth-order valence-electron chi connectivity index (χ4n) is 5.63. The number of para-hydroxylation sites is 1. The van der Waals surface area contributed by atoms with Crippen LogP contribution in [0.5, 0.6) is 11.5 Å². The molecule has 0 fully saturated rings. The Morgan fingerprint density at radius 1 is 0.898 bits per heavy atom. The van der Waals surface area contributed by atoms with Crippen LogP contribution in [0.1, 0.15) is 48.1 Å². The van der Waals surface area contributed by atoms with Crippen LogP contribution in [-0.2, 0) is 30.7 Å². The number of benzene rings is 3. The minimum Gasteiger partial charge on any atom is -0.484 e. The number of aromatic nitrogens is 4. The van der Waals surface area contributed by atoms with Crippen LogP contribution in [0, 0.1) is 0 Å². The van der Waals surface area contributed by atoms with E-state index in [9.17, 15) is 44.3 Å². The van der Waals surface area contributed by atoms with Gasteiger partial charge in [0.1, 0.15) is 11.5 Å². The molecule has 0 radical (unpaired) electrons. The normalized spacial score (nSPS) is 16.7. The smallest absolute Gasteiger partial charge is 0.484 e. The number of anilines is 2. The fraction of sp³-hybridized carbons (Fsp3) is 0.355. The van der Waals surface area contributed by atoms with E-state index in [1.165, 1.54) is 22.9 Å². The first-order valence-corrected chi connectivity index (χ1v) is 14.6. The van der Waals surface area contributed by atoms with Crippen LogP contribution in [-0.4, -0.2) is 45.1 Å². The van der Waals surface area contributed by atoms with Crippen molar-refractivity contribution in [2.75, 3.05) is 16.4 Å². The van der Waals surface area contributed by atoms with Gasteiger partial charge in [-0.25, -0.2) is 0 Å². The van der Waals surface area contributed by atoms with Crippen molar-refractivity contribution < 1.29 is 53.8 Å². The third kappa shape index (κ3) is 8.34. The lowest BCUT2D eigenvalue weighted by Gasteiger charge is -2.44. The van der Waals surface area contributed by atoms with Gasteiger partial charge in [-0.15, -0.1) is 18.3 Å². The van der Waals surface area contributed by atoms with Crippen LogP contribution in [0.15, 0.2) is 66.7 Å². The molecule has 0 unspecified atom stereocenters. The molecule has 0 spiro atoms.